The lowest BCUT2D eigenvalue weighted by atomic mass is 9.73. The average molecular weight is 266 g/mol. The molecule has 0 amide bonds. The Bertz CT molecular complexity index is 720. The van der Waals surface area contributed by atoms with Gasteiger partial charge in [0.1, 0.15) is 0 Å². The summed E-state index contributed by atoms with van der Waals surface area (Å²) in [5.74, 6) is -1.51. The van der Waals surface area contributed by atoms with Crippen LogP contribution in [0, 0.1) is 5.92 Å². The summed E-state index contributed by atoms with van der Waals surface area (Å²) in [6.45, 7) is 0. The van der Waals surface area contributed by atoms with Crippen molar-refractivity contribution >= 4 is 5.97 Å². The van der Waals surface area contributed by atoms with E-state index in [0.29, 0.717) is 0 Å². The van der Waals surface area contributed by atoms with Crippen LogP contribution in [0.5, 0.6) is 0 Å². The van der Waals surface area contributed by atoms with Gasteiger partial charge in [0.25, 0.3) is 0 Å². The Kier molecular flexibility index (Phi) is 2.30. The minimum Gasteiger partial charge on any atom is -0.481 e. The number of hydrogen-bond acceptors (Lipinski definition) is 2. The Morgan fingerprint density at radius 1 is 1.00 bits per heavy atom. The molecule has 0 unspecified atom stereocenters. The second-order valence-electron chi connectivity index (χ2n) is 5.57. The summed E-state index contributed by atoms with van der Waals surface area (Å²) < 4.78 is 0. The molecule has 2 N–H and O–H groups in total. The van der Waals surface area contributed by atoms with Gasteiger partial charge < -0.3 is 10.2 Å². The second kappa shape index (κ2) is 3.93. The molecule has 0 aliphatic heterocycles. The van der Waals surface area contributed by atoms with Crippen molar-refractivity contribution in [3.05, 3.63) is 59.2 Å². The first-order chi connectivity index (χ1) is 9.68. The normalized spacial score (nSPS) is 25.9. The molecule has 2 aliphatic carbocycles. The van der Waals surface area contributed by atoms with Crippen molar-refractivity contribution in [1.29, 1.82) is 0 Å². The van der Waals surface area contributed by atoms with Crippen molar-refractivity contribution < 1.29 is 15.0 Å². The Morgan fingerprint density at radius 3 is 2.50 bits per heavy atom. The molecule has 100 valence electrons. The molecule has 0 bridgehead atoms. The van der Waals surface area contributed by atoms with E-state index in [1.165, 1.54) is 0 Å². The summed E-state index contributed by atoms with van der Waals surface area (Å²) in [5.41, 5.74) is 5.16. The third-order valence-corrected chi connectivity index (χ3v) is 4.59. The first kappa shape index (κ1) is 11.7. The van der Waals surface area contributed by atoms with Gasteiger partial charge in [-0.1, -0.05) is 42.5 Å². The number of rotatable bonds is 1. The number of aliphatic hydroxyl groups is 1. The largest absolute Gasteiger partial charge is 0.481 e. The number of aliphatic hydroxyl groups excluding tert-OH is 1. The van der Waals surface area contributed by atoms with Crippen LogP contribution in [0.15, 0.2) is 42.5 Å². The molecule has 3 nitrogen and oxygen atoms in total. The zero-order valence-electron chi connectivity index (χ0n) is 10.8. The fourth-order valence-electron chi connectivity index (χ4n) is 3.79. The number of carbonyl (C=O) groups is 1. The third kappa shape index (κ3) is 1.36. The topological polar surface area (TPSA) is 57.5 Å². The van der Waals surface area contributed by atoms with Crippen molar-refractivity contribution in [2.75, 3.05) is 0 Å². The summed E-state index contributed by atoms with van der Waals surface area (Å²) in [6.07, 6.45) is -0.401. The molecule has 4 rings (SSSR count). The van der Waals surface area contributed by atoms with E-state index in [1.54, 1.807) is 0 Å². The zero-order chi connectivity index (χ0) is 13.9. The lowest BCUT2D eigenvalue weighted by Gasteiger charge is -2.32. The van der Waals surface area contributed by atoms with Crippen molar-refractivity contribution in [2.45, 2.75) is 18.4 Å². The Hall–Kier alpha value is -2.13. The smallest absolute Gasteiger partial charge is 0.307 e. The van der Waals surface area contributed by atoms with E-state index >= 15 is 0 Å². The molecule has 3 atom stereocenters. The van der Waals surface area contributed by atoms with Gasteiger partial charge in [-0.25, -0.2) is 0 Å². The van der Waals surface area contributed by atoms with E-state index < -0.39 is 18.0 Å². The molecule has 0 fully saturated rings. The van der Waals surface area contributed by atoms with Gasteiger partial charge in [0.05, 0.1) is 12.0 Å². The highest BCUT2D eigenvalue weighted by atomic mass is 16.4. The van der Waals surface area contributed by atoms with Crippen molar-refractivity contribution in [2.24, 2.45) is 5.92 Å². The second-order valence-corrected chi connectivity index (χ2v) is 5.57. The maximum atomic E-state index is 11.6. The highest BCUT2D eigenvalue weighted by Crippen LogP contribution is 2.55. The number of hydrogen-bond donors (Lipinski definition) is 2. The molecule has 2 aliphatic rings. The molecule has 0 radical (unpaired) electrons. The Morgan fingerprint density at radius 2 is 1.70 bits per heavy atom. The molecule has 2 aromatic carbocycles. The molecular weight excluding hydrogens is 252 g/mol. The van der Waals surface area contributed by atoms with Crippen LogP contribution in [0.3, 0.4) is 0 Å². The van der Waals surface area contributed by atoms with Gasteiger partial charge in [-0.2, -0.15) is 0 Å². The Balaban J connectivity index is 2.05. The van der Waals surface area contributed by atoms with Crippen molar-refractivity contribution in [1.82, 2.24) is 0 Å². The van der Waals surface area contributed by atoms with Gasteiger partial charge in [0.15, 0.2) is 0 Å². The molecule has 3 heteroatoms. The first-order valence-corrected chi connectivity index (χ1v) is 6.81. The summed E-state index contributed by atoms with van der Waals surface area (Å²) in [5, 5.41) is 19.8. The van der Waals surface area contributed by atoms with Crippen LogP contribution in [-0.2, 0) is 4.79 Å². The highest BCUT2D eigenvalue weighted by Gasteiger charge is 2.44. The molecule has 0 heterocycles. The van der Waals surface area contributed by atoms with Gasteiger partial charge in [0, 0.05) is 5.92 Å². The predicted molar refractivity (Wildman–Crippen MR) is 74.4 cm³/mol. The molecule has 0 saturated heterocycles. The Labute approximate surface area is 116 Å². The lowest BCUT2D eigenvalue weighted by molar-refractivity contribution is -0.143. The van der Waals surface area contributed by atoms with Gasteiger partial charge in [-0.05, 0) is 34.2 Å². The monoisotopic (exact) mass is 266 g/mol. The number of fused-ring (bicyclic) bond motifs is 3. The zero-order valence-corrected chi connectivity index (χ0v) is 10.8. The van der Waals surface area contributed by atoms with Gasteiger partial charge in [-0.3, -0.25) is 4.79 Å². The van der Waals surface area contributed by atoms with Crippen LogP contribution in [0.1, 0.15) is 35.1 Å². The van der Waals surface area contributed by atoms with Gasteiger partial charge >= 0.3 is 5.97 Å². The molecule has 0 saturated carbocycles. The van der Waals surface area contributed by atoms with Crippen LogP contribution >= 0.6 is 0 Å². The van der Waals surface area contributed by atoms with E-state index in [9.17, 15) is 15.0 Å². The maximum Gasteiger partial charge on any atom is 0.307 e. The van der Waals surface area contributed by atoms with Crippen molar-refractivity contribution in [3.8, 4) is 11.1 Å². The van der Waals surface area contributed by atoms with Crippen LogP contribution in [-0.4, -0.2) is 16.2 Å². The molecule has 2 aromatic rings. The molecule has 20 heavy (non-hydrogen) atoms. The van der Waals surface area contributed by atoms with Crippen molar-refractivity contribution in [3.63, 3.8) is 0 Å². The number of carboxylic acids is 1. The third-order valence-electron chi connectivity index (χ3n) is 4.59. The summed E-state index contributed by atoms with van der Waals surface area (Å²) in [4.78, 5) is 11.6. The van der Waals surface area contributed by atoms with E-state index in [0.717, 1.165) is 27.8 Å². The van der Waals surface area contributed by atoms with Crippen LogP contribution < -0.4 is 0 Å². The molecule has 0 spiro atoms. The van der Waals surface area contributed by atoms with Gasteiger partial charge in [0.2, 0.25) is 0 Å². The van der Waals surface area contributed by atoms with Crippen LogP contribution in [0.4, 0.5) is 0 Å². The van der Waals surface area contributed by atoms with E-state index in [2.05, 4.69) is 0 Å². The lowest BCUT2D eigenvalue weighted by Crippen LogP contribution is -2.29. The minimum absolute atomic E-state index is 0.127. The number of aliphatic carboxylic acids is 1. The standard InChI is InChI=1S/C17H14O3/c18-14-8-13(17(19)20)16-10-5-2-1-4-9(10)11-6-3-7-12(14)15(11)16/h1-7,13-14,16,18H,8H2,(H,19,20)/t13-,14+,16+/m1/s1. The van der Waals surface area contributed by atoms with E-state index in [-0.39, 0.29) is 12.3 Å². The highest BCUT2D eigenvalue weighted by molar-refractivity contribution is 5.85. The van der Waals surface area contributed by atoms with Crippen LogP contribution in [0.25, 0.3) is 11.1 Å². The van der Waals surface area contributed by atoms with E-state index in [4.69, 9.17) is 0 Å². The van der Waals surface area contributed by atoms with E-state index in [1.807, 2.05) is 42.5 Å². The fraction of sp³-hybridized carbons (Fsp3) is 0.235. The summed E-state index contributed by atoms with van der Waals surface area (Å²) >= 11 is 0. The predicted octanol–water partition coefficient (Wildman–Crippen LogP) is 2.94. The number of carboxylic acid groups (broad SMARTS) is 1. The number of benzene rings is 2. The average Bonchev–Trinajstić information content (AvgIpc) is 2.79. The minimum atomic E-state index is -0.828. The molecule has 0 aromatic heterocycles. The summed E-state index contributed by atoms with van der Waals surface area (Å²) in [6, 6.07) is 13.9. The van der Waals surface area contributed by atoms with Crippen LogP contribution in [0.2, 0.25) is 0 Å². The SMILES string of the molecule is O=C(O)[C@@H]1C[C@H](O)c2cccc3c2[C@H]1c1ccccc1-3. The maximum absolute atomic E-state index is 11.6. The fourth-order valence-corrected chi connectivity index (χ4v) is 3.79. The summed E-state index contributed by atoms with van der Waals surface area (Å²) in [7, 11) is 0. The first-order valence-electron chi connectivity index (χ1n) is 6.81. The quantitative estimate of drug-likeness (QED) is 0.834. The molecular formula is C17H14O3. The van der Waals surface area contributed by atoms with Gasteiger partial charge in [-0.15, -0.1) is 0 Å².